The highest BCUT2D eigenvalue weighted by atomic mass is 19.3. The van der Waals surface area contributed by atoms with Gasteiger partial charge in [0.2, 0.25) is 0 Å². The molecule has 0 radical (unpaired) electrons. The van der Waals surface area contributed by atoms with Crippen LogP contribution in [0.15, 0.2) is 6.20 Å². The first-order valence-electron chi connectivity index (χ1n) is 4.61. The topological polar surface area (TPSA) is 68.7 Å². The van der Waals surface area contributed by atoms with Crippen LogP contribution in [0.2, 0.25) is 0 Å². The summed E-state index contributed by atoms with van der Waals surface area (Å²) in [5.74, 6) is -1.40. The smallest absolute Gasteiger partial charge is 0.309 e. The van der Waals surface area contributed by atoms with Crippen LogP contribution in [-0.4, -0.2) is 30.3 Å². The van der Waals surface area contributed by atoms with Crippen LogP contribution in [-0.2, 0) is 11.2 Å². The standard InChI is InChI=1S/C10H11F2NO4/c1-16-8-5(10(11)12)4-13-6(3-7(14)15)9(8)17-2/h4,10H,3H2,1-2H3,(H,14,15). The lowest BCUT2D eigenvalue weighted by Gasteiger charge is -2.14. The predicted molar refractivity (Wildman–Crippen MR) is 53.6 cm³/mol. The number of carboxylic acids is 1. The lowest BCUT2D eigenvalue weighted by atomic mass is 10.1. The molecule has 0 aliphatic rings. The number of alkyl halides is 2. The van der Waals surface area contributed by atoms with E-state index in [1.54, 1.807) is 0 Å². The fourth-order valence-corrected chi connectivity index (χ4v) is 1.37. The van der Waals surface area contributed by atoms with Crippen LogP contribution in [0.25, 0.3) is 0 Å². The van der Waals surface area contributed by atoms with Gasteiger partial charge in [-0.3, -0.25) is 9.78 Å². The van der Waals surface area contributed by atoms with Gasteiger partial charge in [0.15, 0.2) is 11.5 Å². The van der Waals surface area contributed by atoms with Gasteiger partial charge in [-0.25, -0.2) is 8.78 Å². The molecule has 0 saturated carbocycles. The van der Waals surface area contributed by atoms with E-state index in [2.05, 4.69) is 4.98 Å². The highest BCUT2D eigenvalue weighted by Gasteiger charge is 2.23. The van der Waals surface area contributed by atoms with Crippen LogP contribution in [0.4, 0.5) is 8.78 Å². The quantitative estimate of drug-likeness (QED) is 0.857. The fraction of sp³-hybridized carbons (Fsp3) is 0.400. The molecule has 0 bridgehead atoms. The van der Waals surface area contributed by atoms with Gasteiger partial charge >= 0.3 is 5.97 Å². The highest BCUT2D eigenvalue weighted by Crippen LogP contribution is 2.38. The van der Waals surface area contributed by atoms with E-state index in [9.17, 15) is 13.6 Å². The molecule has 1 aromatic rings. The maximum Gasteiger partial charge on any atom is 0.309 e. The number of carbonyl (C=O) groups is 1. The fourth-order valence-electron chi connectivity index (χ4n) is 1.37. The molecule has 0 spiro atoms. The normalized spacial score (nSPS) is 10.4. The van der Waals surface area contributed by atoms with E-state index in [4.69, 9.17) is 14.6 Å². The second-order valence-electron chi connectivity index (χ2n) is 3.10. The Balaban J connectivity index is 3.32. The summed E-state index contributed by atoms with van der Waals surface area (Å²) in [7, 11) is 2.44. The summed E-state index contributed by atoms with van der Waals surface area (Å²) >= 11 is 0. The zero-order chi connectivity index (χ0) is 13.0. The van der Waals surface area contributed by atoms with Crippen LogP contribution in [0.3, 0.4) is 0 Å². The van der Waals surface area contributed by atoms with Gasteiger partial charge in [-0.1, -0.05) is 0 Å². The van der Waals surface area contributed by atoms with Gasteiger partial charge in [-0.2, -0.15) is 0 Å². The molecular weight excluding hydrogens is 236 g/mol. The number of pyridine rings is 1. The Labute approximate surface area is 96.0 Å². The molecule has 1 rings (SSSR count). The predicted octanol–water partition coefficient (Wildman–Crippen LogP) is 1.66. The largest absolute Gasteiger partial charge is 0.492 e. The van der Waals surface area contributed by atoms with Crippen LogP contribution in [0, 0.1) is 0 Å². The van der Waals surface area contributed by atoms with Gasteiger partial charge in [-0.15, -0.1) is 0 Å². The molecule has 0 aliphatic heterocycles. The van der Waals surface area contributed by atoms with Crippen molar-refractivity contribution in [3.05, 3.63) is 17.5 Å². The van der Waals surface area contributed by atoms with Crippen molar-refractivity contribution in [1.29, 1.82) is 0 Å². The number of rotatable bonds is 5. The van der Waals surface area contributed by atoms with Crippen LogP contribution < -0.4 is 9.47 Å². The Bertz CT molecular complexity index is 423. The molecule has 5 nitrogen and oxygen atoms in total. The molecule has 0 fully saturated rings. The zero-order valence-corrected chi connectivity index (χ0v) is 9.24. The average molecular weight is 247 g/mol. The van der Waals surface area contributed by atoms with Crippen LogP contribution in [0.5, 0.6) is 11.5 Å². The van der Waals surface area contributed by atoms with Crippen molar-refractivity contribution in [2.45, 2.75) is 12.8 Å². The van der Waals surface area contributed by atoms with Crippen molar-refractivity contribution in [3.63, 3.8) is 0 Å². The van der Waals surface area contributed by atoms with Crippen molar-refractivity contribution in [3.8, 4) is 11.5 Å². The van der Waals surface area contributed by atoms with Crippen molar-refractivity contribution in [2.75, 3.05) is 14.2 Å². The van der Waals surface area contributed by atoms with E-state index in [0.717, 1.165) is 6.20 Å². The number of nitrogens with zero attached hydrogens (tertiary/aromatic N) is 1. The summed E-state index contributed by atoms with van der Waals surface area (Å²) in [5.41, 5.74) is -0.389. The second kappa shape index (κ2) is 5.42. The Morgan fingerprint density at radius 3 is 2.41 bits per heavy atom. The lowest BCUT2D eigenvalue weighted by molar-refractivity contribution is -0.136. The van der Waals surface area contributed by atoms with Crippen molar-refractivity contribution in [1.82, 2.24) is 4.98 Å². The van der Waals surface area contributed by atoms with E-state index in [1.807, 2.05) is 0 Å². The Hall–Kier alpha value is -1.92. The minimum atomic E-state index is -2.77. The third-order valence-corrected chi connectivity index (χ3v) is 2.05. The van der Waals surface area contributed by atoms with E-state index in [-0.39, 0.29) is 17.2 Å². The first-order valence-corrected chi connectivity index (χ1v) is 4.61. The molecule has 0 atom stereocenters. The van der Waals surface area contributed by atoms with E-state index >= 15 is 0 Å². The number of aliphatic carboxylic acids is 1. The van der Waals surface area contributed by atoms with Crippen molar-refractivity contribution in [2.24, 2.45) is 0 Å². The SMILES string of the molecule is COc1c(C(F)F)cnc(CC(=O)O)c1OC. The summed E-state index contributed by atoms with van der Waals surface area (Å²) in [6.45, 7) is 0. The van der Waals surface area contributed by atoms with Crippen LogP contribution in [0.1, 0.15) is 17.7 Å². The molecular formula is C10H11F2NO4. The molecule has 0 saturated heterocycles. The first-order chi connectivity index (χ1) is 8.01. The number of hydrogen-bond acceptors (Lipinski definition) is 4. The minimum absolute atomic E-state index is 0.0428. The first kappa shape index (κ1) is 13.1. The molecule has 0 unspecified atom stereocenters. The summed E-state index contributed by atoms with van der Waals surface area (Å²) in [5, 5.41) is 8.64. The van der Waals surface area contributed by atoms with E-state index in [1.165, 1.54) is 14.2 Å². The maximum absolute atomic E-state index is 12.6. The Morgan fingerprint density at radius 1 is 1.41 bits per heavy atom. The Kier molecular flexibility index (Phi) is 4.19. The summed E-state index contributed by atoms with van der Waals surface area (Å²) in [4.78, 5) is 14.2. The molecule has 7 heteroatoms. The van der Waals surface area contributed by atoms with Gasteiger partial charge < -0.3 is 14.6 Å². The summed E-state index contributed by atoms with van der Waals surface area (Å²) in [6, 6.07) is 0. The van der Waals surface area contributed by atoms with Gasteiger partial charge in [-0.05, 0) is 0 Å². The van der Waals surface area contributed by atoms with Crippen molar-refractivity contribution >= 4 is 5.97 Å². The molecule has 0 amide bonds. The number of methoxy groups -OCH3 is 2. The molecule has 0 aliphatic carbocycles. The second-order valence-corrected chi connectivity index (χ2v) is 3.10. The molecule has 17 heavy (non-hydrogen) atoms. The van der Waals surface area contributed by atoms with Crippen LogP contribution >= 0.6 is 0 Å². The third-order valence-electron chi connectivity index (χ3n) is 2.05. The molecule has 1 heterocycles. The molecule has 94 valence electrons. The van der Waals surface area contributed by atoms with Gasteiger partial charge in [0.25, 0.3) is 6.43 Å². The third kappa shape index (κ3) is 2.80. The monoisotopic (exact) mass is 247 g/mol. The minimum Gasteiger partial charge on any atom is -0.492 e. The highest BCUT2D eigenvalue weighted by molar-refractivity contribution is 5.71. The maximum atomic E-state index is 12.6. The van der Waals surface area contributed by atoms with E-state index in [0.29, 0.717) is 0 Å². The van der Waals surface area contributed by atoms with Gasteiger partial charge in [0.1, 0.15) is 0 Å². The number of carboxylic acid groups (broad SMARTS) is 1. The molecule has 0 aromatic carbocycles. The lowest BCUT2D eigenvalue weighted by Crippen LogP contribution is -2.07. The van der Waals surface area contributed by atoms with Crippen molar-refractivity contribution < 1.29 is 28.2 Å². The van der Waals surface area contributed by atoms with Gasteiger partial charge in [0.05, 0.1) is 31.9 Å². The number of aromatic nitrogens is 1. The summed E-state index contributed by atoms with van der Waals surface area (Å²) in [6.07, 6.45) is -2.31. The zero-order valence-electron chi connectivity index (χ0n) is 9.24. The average Bonchev–Trinajstić information content (AvgIpc) is 2.26. The molecule has 1 N–H and O–H groups in total. The number of ether oxygens (including phenoxy) is 2. The number of halogens is 2. The Morgan fingerprint density at radius 2 is 2.00 bits per heavy atom. The summed E-state index contributed by atoms with van der Waals surface area (Å²) < 4.78 is 35.0. The van der Waals surface area contributed by atoms with Gasteiger partial charge in [0, 0.05) is 6.20 Å². The number of hydrogen-bond donors (Lipinski definition) is 1. The molecule has 1 aromatic heterocycles. The van der Waals surface area contributed by atoms with E-state index < -0.39 is 24.4 Å².